The summed E-state index contributed by atoms with van der Waals surface area (Å²) in [4.78, 5) is 16.9. The lowest BCUT2D eigenvalue weighted by Crippen LogP contribution is -2.39. The Morgan fingerprint density at radius 1 is 1.26 bits per heavy atom. The molecule has 0 radical (unpaired) electrons. The van der Waals surface area contributed by atoms with Gasteiger partial charge in [-0.05, 0) is 58.1 Å². The van der Waals surface area contributed by atoms with E-state index < -0.39 is 0 Å². The van der Waals surface area contributed by atoms with Gasteiger partial charge in [0, 0.05) is 31.6 Å². The molecular formula is C20H29N5O2. The SMILES string of the molecule is CCOc1ccc(C(=O)N2CCCC(c3nnc(CN(C)C)n3C)C2)cc1. The highest BCUT2D eigenvalue weighted by Crippen LogP contribution is 2.27. The summed E-state index contributed by atoms with van der Waals surface area (Å²) in [7, 11) is 6.06. The number of amides is 1. The van der Waals surface area contributed by atoms with Crippen molar-refractivity contribution in [2.24, 2.45) is 7.05 Å². The Morgan fingerprint density at radius 2 is 2.00 bits per heavy atom. The van der Waals surface area contributed by atoms with Crippen molar-refractivity contribution in [1.29, 1.82) is 0 Å². The molecule has 1 fully saturated rings. The van der Waals surface area contributed by atoms with Gasteiger partial charge in [-0.2, -0.15) is 0 Å². The number of ether oxygens (including phenoxy) is 1. The van der Waals surface area contributed by atoms with Gasteiger partial charge in [-0.1, -0.05) is 0 Å². The van der Waals surface area contributed by atoms with Gasteiger partial charge in [0.15, 0.2) is 0 Å². The molecule has 1 aliphatic rings. The van der Waals surface area contributed by atoms with Crippen molar-refractivity contribution in [3.8, 4) is 5.75 Å². The van der Waals surface area contributed by atoms with Crippen LogP contribution in [0.5, 0.6) is 5.75 Å². The molecule has 1 aromatic heterocycles. The maximum atomic E-state index is 12.9. The Labute approximate surface area is 160 Å². The van der Waals surface area contributed by atoms with Crippen LogP contribution in [0.15, 0.2) is 24.3 Å². The van der Waals surface area contributed by atoms with Crippen LogP contribution in [0.25, 0.3) is 0 Å². The highest BCUT2D eigenvalue weighted by atomic mass is 16.5. The van der Waals surface area contributed by atoms with E-state index in [1.807, 2.05) is 57.2 Å². The maximum absolute atomic E-state index is 12.9. The van der Waals surface area contributed by atoms with E-state index in [2.05, 4.69) is 19.7 Å². The zero-order valence-corrected chi connectivity index (χ0v) is 16.7. The van der Waals surface area contributed by atoms with Crippen LogP contribution in [0, 0.1) is 0 Å². The Kier molecular flexibility index (Phi) is 6.11. The number of carbonyl (C=O) groups excluding carboxylic acids is 1. The van der Waals surface area contributed by atoms with Crippen LogP contribution >= 0.6 is 0 Å². The second kappa shape index (κ2) is 8.52. The minimum Gasteiger partial charge on any atom is -0.494 e. The molecule has 1 unspecified atom stereocenters. The summed E-state index contributed by atoms with van der Waals surface area (Å²) in [6.45, 7) is 4.79. The summed E-state index contributed by atoms with van der Waals surface area (Å²) in [6.07, 6.45) is 2.00. The van der Waals surface area contributed by atoms with Crippen LogP contribution < -0.4 is 4.74 Å². The molecule has 2 heterocycles. The summed E-state index contributed by atoms with van der Waals surface area (Å²) in [5.74, 6) is 3.00. The quantitative estimate of drug-likeness (QED) is 0.780. The van der Waals surface area contributed by atoms with E-state index in [1.54, 1.807) is 0 Å². The van der Waals surface area contributed by atoms with Crippen molar-refractivity contribution < 1.29 is 9.53 Å². The number of hydrogen-bond acceptors (Lipinski definition) is 5. The zero-order chi connectivity index (χ0) is 19.4. The van der Waals surface area contributed by atoms with Crippen LogP contribution in [-0.4, -0.2) is 64.3 Å². The molecule has 2 aromatic rings. The summed E-state index contributed by atoms with van der Waals surface area (Å²) in [6, 6.07) is 7.39. The number of hydrogen-bond donors (Lipinski definition) is 0. The van der Waals surface area contributed by atoms with E-state index in [-0.39, 0.29) is 11.8 Å². The molecular weight excluding hydrogens is 342 g/mol. The second-order valence-electron chi connectivity index (χ2n) is 7.32. The molecule has 27 heavy (non-hydrogen) atoms. The van der Waals surface area contributed by atoms with Crippen LogP contribution in [0.1, 0.15) is 47.7 Å². The fourth-order valence-electron chi connectivity index (χ4n) is 3.57. The number of nitrogens with zero attached hydrogens (tertiary/aromatic N) is 5. The predicted molar refractivity (Wildman–Crippen MR) is 104 cm³/mol. The first kappa shape index (κ1) is 19.4. The Hall–Kier alpha value is -2.41. The fourth-order valence-corrected chi connectivity index (χ4v) is 3.57. The van der Waals surface area contributed by atoms with Gasteiger partial charge in [-0.3, -0.25) is 4.79 Å². The van der Waals surface area contributed by atoms with Gasteiger partial charge in [0.2, 0.25) is 0 Å². The van der Waals surface area contributed by atoms with E-state index >= 15 is 0 Å². The summed E-state index contributed by atoms with van der Waals surface area (Å²) >= 11 is 0. The van der Waals surface area contributed by atoms with Gasteiger partial charge in [0.1, 0.15) is 17.4 Å². The van der Waals surface area contributed by atoms with E-state index in [9.17, 15) is 4.79 Å². The lowest BCUT2D eigenvalue weighted by molar-refractivity contribution is 0.0703. The third-order valence-corrected chi connectivity index (χ3v) is 4.94. The maximum Gasteiger partial charge on any atom is 0.253 e. The Bertz CT molecular complexity index is 769. The van der Waals surface area contributed by atoms with Crippen molar-refractivity contribution in [1.82, 2.24) is 24.6 Å². The first-order valence-electron chi connectivity index (χ1n) is 9.54. The normalized spacial score (nSPS) is 17.4. The van der Waals surface area contributed by atoms with Gasteiger partial charge in [0.05, 0.1) is 13.2 Å². The standard InChI is InChI=1S/C20H29N5O2/c1-5-27-17-10-8-15(9-11-17)20(26)25-12-6-7-16(13-25)19-22-21-18(24(19)4)14-23(2)3/h8-11,16H,5-7,12-14H2,1-4H3. The van der Waals surface area contributed by atoms with Gasteiger partial charge < -0.3 is 19.1 Å². The van der Waals surface area contributed by atoms with Crippen molar-refractivity contribution in [3.05, 3.63) is 41.5 Å². The van der Waals surface area contributed by atoms with Crippen molar-refractivity contribution in [3.63, 3.8) is 0 Å². The van der Waals surface area contributed by atoms with Crippen LogP contribution in [0.3, 0.4) is 0 Å². The largest absolute Gasteiger partial charge is 0.494 e. The van der Waals surface area contributed by atoms with E-state index in [1.165, 1.54) is 0 Å². The molecule has 0 spiro atoms. The molecule has 1 atom stereocenters. The summed E-state index contributed by atoms with van der Waals surface area (Å²) < 4.78 is 7.54. The monoisotopic (exact) mass is 371 g/mol. The highest BCUT2D eigenvalue weighted by Gasteiger charge is 2.29. The predicted octanol–water partition coefficient (Wildman–Crippen LogP) is 2.30. The average Bonchev–Trinajstić information content (AvgIpc) is 3.02. The minimum absolute atomic E-state index is 0.0680. The van der Waals surface area contributed by atoms with Crippen molar-refractivity contribution >= 4 is 5.91 Å². The molecule has 1 saturated heterocycles. The number of aromatic nitrogens is 3. The Morgan fingerprint density at radius 3 is 2.67 bits per heavy atom. The van der Waals surface area contributed by atoms with Crippen LogP contribution in [-0.2, 0) is 13.6 Å². The highest BCUT2D eigenvalue weighted by molar-refractivity contribution is 5.94. The van der Waals surface area contributed by atoms with Crippen LogP contribution in [0.2, 0.25) is 0 Å². The summed E-state index contributed by atoms with van der Waals surface area (Å²) in [5, 5.41) is 8.76. The topological polar surface area (TPSA) is 63.5 Å². The molecule has 7 heteroatoms. The number of piperidine rings is 1. The molecule has 0 N–H and O–H groups in total. The van der Waals surface area contributed by atoms with Gasteiger partial charge in [0.25, 0.3) is 5.91 Å². The third-order valence-electron chi connectivity index (χ3n) is 4.94. The second-order valence-corrected chi connectivity index (χ2v) is 7.32. The smallest absolute Gasteiger partial charge is 0.253 e. The first-order valence-corrected chi connectivity index (χ1v) is 9.54. The molecule has 146 valence electrons. The molecule has 1 aliphatic heterocycles. The zero-order valence-electron chi connectivity index (χ0n) is 16.7. The molecule has 0 aliphatic carbocycles. The average molecular weight is 371 g/mol. The van der Waals surface area contributed by atoms with Crippen LogP contribution in [0.4, 0.5) is 0 Å². The number of carbonyl (C=O) groups is 1. The first-order chi connectivity index (χ1) is 13.0. The molecule has 1 aromatic carbocycles. The number of likely N-dealkylation sites (tertiary alicyclic amines) is 1. The molecule has 7 nitrogen and oxygen atoms in total. The summed E-state index contributed by atoms with van der Waals surface area (Å²) in [5.41, 5.74) is 0.699. The number of benzene rings is 1. The lowest BCUT2D eigenvalue weighted by atomic mass is 9.96. The van der Waals surface area contributed by atoms with Crippen molar-refractivity contribution in [2.75, 3.05) is 33.8 Å². The number of rotatable bonds is 6. The molecule has 0 saturated carbocycles. The van der Waals surface area contributed by atoms with E-state index in [0.29, 0.717) is 18.7 Å². The van der Waals surface area contributed by atoms with Crippen molar-refractivity contribution in [2.45, 2.75) is 32.2 Å². The van der Waals surface area contributed by atoms with Gasteiger partial charge in [-0.15, -0.1) is 10.2 Å². The Balaban J connectivity index is 1.70. The van der Waals surface area contributed by atoms with Gasteiger partial charge in [-0.25, -0.2) is 0 Å². The molecule has 3 rings (SSSR count). The minimum atomic E-state index is 0.0680. The molecule has 1 amide bonds. The van der Waals surface area contributed by atoms with E-state index in [0.717, 1.165) is 43.3 Å². The lowest BCUT2D eigenvalue weighted by Gasteiger charge is -2.32. The van der Waals surface area contributed by atoms with Gasteiger partial charge >= 0.3 is 0 Å². The molecule has 0 bridgehead atoms. The third kappa shape index (κ3) is 4.47. The fraction of sp³-hybridized carbons (Fsp3) is 0.550. The van der Waals surface area contributed by atoms with E-state index in [4.69, 9.17) is 4.74 Å².